The molecular formula is C13H15ClN2S. The number of nitrogens with two attached hydrogens (primary N) is 1. The van der Waals surface area contributed by atoms with Crippen LogP contribution < -0.4 is 5.73 Å². The highest BCUT2D eigenvalue weighted by atomic mass is 35.5. The van der Waals surface area contributed by atoms with E-state index in [0.717, 1.165) is 34.1 Å². The molecule has 0 saturated carbocycles. The average molecular weight is 267 g/mol. The number of rotatable bonds is 4. The Bertz CT molecular complexity index is 496. The Morgan fingerprint density at radius 3 is 3.00 bits per heavy atom. The van der Waals surface area contributed by atoms with Crippen molar-refractivity contribution in [2.45, 2.75) is 25.8 Å². The van der Waals surface area contributed by atoms with E-state index in [4.69, 9.17) is 17.3 Å². The average Bonchev–Trinajstić information content (AvgIpc) is 2.78. The monoisotopic (exact) mass is 266 g/mol. The lowest BCUT2D eigenvalue weighted by Gasteiger charge is -2.05. The maximum Gasteiger partial charge on any atom is 0.110 e. The summed E-state index contributed by atoms with van der Waals surface area (Å²) in [5.74, 6) is 0. The molecule has 2 nitrogen and oxygen atoms in total. The molecule has 0 radical (unpaired) electrons. The highest BCUT2D eigenvalue weighted by Gasteiger charge is 2.11. The molecule has 0 spiro atoms. The first-order chi connectivity index (χ1) is 8.20. The minimum atomic E-state index is 0.0536. The van der Waals surface area contributed by atoms with Crippen molar-refractivity contribution in [2.24, 2.45) is 5.73 Å². The van der Waals surface area contributed by atoms with Crippen LogP contribution >= 0.6 is 22.9 Å². The zero-order valence-corrected chi connectivity index (χ0v) is 11.3. The number of hydrogen-bond donors (Lipinski definition) is 1. The summed E-state index contributed by atoms with van der Waals surface area (Å²) < 4.78 is 0. The molecule has 1 heterocycles. The van der Waals surface area contributed by atoms with Gasteiger partial charge in [0.25, 0.3) is 0 Å². The van der Waals surface area contributed by atoms with Crippen LogP contribution in [0.15, 0.2) is 29.6 Å². The Morgan fingerprint density at radius 1 is 1.47 bits per heavy atom. The summed E-state index contributed by atoms with van der Waals surface area (Å²) in [6, 6.07) is 7.78. The maximum atomic E-state index is 6.05. The second-order valence-electron chi connectivity index (χ2n) is 3.98. The second-order valence-corrected chi connectivity index (χ2v) is 5.30. The number of nitrogens with zero attached hydrogens (tertiary/aromatic N) is 1. The van der Waals surface area contributed by atoms with Gasteiger partial charge in [0, 0.05) is 16.0 Å². The van der Waals surface area contributed by atoms with Gasteiger partial charge in [0.15, 0.2) is 0 Å². The number of aromatic nitrogens is 1. The molecule has 2 rings (SSSR count). The summed E-state index contributed by atoms with van der Waals surface area (Å²) in [6.07, 6.45) is 2.05. The first-order valence-electron chi connectivity index (χ1n) is 5.67. The Balaban J connectivity index is 2.23. The van der Waals surface area contributed by atoms with Gasteiger partial charge < -0.3 is 5.73 Å². The zero-order valence-electron chi connectivity index (χ0n) is 9.69. The van der Waals surface area contributed by atoms with Crippen molar-refractivity contribution >= 4 is 22.9 Å². The minimum absolute atomic E-state index is 0.0536. The molecule has 0 fully saturated rings. The molecule has 4 heteroatoms. The third-order valence-electron chi connectivity index (χ3n) is 2.56. The smallest absolute Gasteiger partial charge is 0.110 e. The lowest BCUT2D eigenvalue weighted by molar-refractivity contribution is 0.635. The maximum absolute atomic E-state index is 6.05. The van der Waals surface area contributed by atoms with Gasteiger partial charge in [0.2, 0.25) is 0 Å². The van der Waals surface area contributed by atoms with E-state index in [-0.39, 0.29) is 6.04 Å². The van der Waals surface area contributed by atoms with Gasteiger partial charge in [-0.3, -0.25) is 0 Å². The SMILES string of the molecule is CCCC(N)c1nc(-c2cccc(Cl)c2)cs1. The van der Waals surface area contributed by atoms with Crippen molar-refractivity contribution in [3.8, 4) is 11.3 Å². The Labute approximate surface area is 110 Å². The third-order valence-corrected chi connectivity index (χ3v) is 3.77. The fourth-order valence-corrected chi connectivity index (χ4v) is 2.73. The summed E-state index contributed by atoms with van der Waals surface area (Å²) in [4.78, 5) is 4.58. The zero-order chi connectivity index (χ0) is 12.3. The van der Waals surface area contributed by atoms with Gasteiger partial charge in [-0.15, -0.1) is 11.3 Å². The first-order valence-corrected chi connectivity index (χ1v) is 6.93. The highest BCUT2D eigenvalue weighted by molar-refractivity contribution is 7.10. The van der Waals surface area contributed by atoms with Gasteiger partial charge in [0.05, 0.1) is 11.7 Å². The summed E-state index contributed by atoms with van der Waals surface area (Å²) >= 11 is 7.58. The van der Waals surface area contributed by atoms with Gasteiger partial charge in [0.1, 0.15) is 5.01 Å². The van der Waals surface area contributed by atoms with Gasteiger partial charge in [-0.2, -0.15) is 0 Å². The van der Waals surface area contributed by atoms with Crippen LogP contribution in [-0.4, -0.2) is 4.98 Å². The molecule has 0 aliphatic rings. The lowest BCUT2D eigenvalue weighted by atomic mass is 10.1. The quantitative estimate of drug-likeness (QED) is 0.898. The molecule has 0 amide bonds. The van der Waals surface area contributed by atoms with E-state index < -0.39 is 0 Å². The van der Waals surface area contributed by atoms with Crippen molar-refractivity contribution in [1.29, 1.82) is 0 Å². The van der Waals surface area contributed by atoms with Crippen molar-refractivity contribution in [1.82, 2.24) is 4.98 Å². The van der Waals surface area contributed by atoms with Crippen molar-refractivity contribution in [3.63, 3.8) is 0 Å². The molecule has 2 N–H and O–H groups in total. The number of halogens is 1. The van der Waals surface area contributed by atoms with E-state index >= 15 is 0 Å². The van der Waals surface area contributed by atoms with Crippen LogP contribution in [0.3, 0.4) is 0 Å². The fraction of sp³-hybridized carbons (Fsp3) is 0.308. The predicted octanol–water partition coefficient (Wildman–Crippen LogP) is 4.26. The fourth-order valence-electron chi connectivity index (χ4n) is 1.67. The molecule has 1 aromatic carbocycles. The molecule has 0 aliphatic carbocycles. The van der Waals surface area contributed by atoms with Crippen molar-refractivity contribution in [3.05, 3.63) is 39.7 Å². The van der Waals surface area contributed by atoms with Crippen LogP contribution in [0.4, 0.5) is 0 Å². The summed E-state index contributed by atoms with van der Waals surface area (Å²) in [7, 11) is 0. The van der Waals surface area contributed by atoms with E-state index in [2.05, 4.69) is 11.9 Å². The Morgan fingerprint density at radius 2 is 2.29 bits per heavy atom. The Kier molecular flexibility index (Phi) is 4.15. The molecule has 0 aliphatic heterocycles. The summed E-state index contributed by atoms with van der Waals surface area (Å²) in [5, 5.41) is 3.77. The lowest BCUT2D eigenvalue weighted by Crippen LogP contribution is -2.09. The minimum Gasteiger partial charge on any atom is -0.322 e. The number of benzene rings is 1. The molecule has 2 aromatic rings. The molecule has 17 heavy (non-hydrogen) atoms. The predicted molar refractivity (Wildman–Crippen MR) is 74.4 cm³/mol. The molecule has 90 valence electrons. The largest absolute Gasteiger partial charge is 0.322 e. The molecule has 1 unspecified atom stereocenters. The molecule has 0 saturated heterocycles. The summed E-state index contributed by atoms with van der Waals surface area (Å²) in [6.45, 7) is 2.13. The van der Waals surface area contributed by atoms with E-state index in [9.17, 15) is 0 Å². The first kappa shape index (κ1) is 12.6. The summed E-state index contributed by atoms with van der Waals surface area (Å²) in [5.41, 5.74) is 8.05. The van der Waals surface area contributed by atoms with Gasteiger partial charge >= 0.3 is 0 Å². The third kappa shape index (κ3) is 3.06. The van der Waals surface area contributed by atoms with Crippen molar-refractivity contribution in [2.75, 3.05) is 0 Å². The van der Waals surface area contributed by atoms with Crippen LogP contribution in [0.1, 0.15) is 30.8 Å². The van der Waals surface area contributed by atoms with Crippen LogP contribution in [-0.2, 0) is 0 Å². The van der Waals surface area contributed by atoms with E-state index in [0.29, 0.717) is 0 Å². The van der Waals surface area contributed by atoms with Crippen LogP contribution in [0.5, 0.6) is 0 Å². The van der Waals surface area contributed by atoms with Crippen molar-refractivity contribution < 1.29 is 0 Å². The molecular weight excluding hydrogens is 252 g/mol. The number of hydrogen-bond acceptors (Lipinski definition) is 3. The molecule has 1 atom stereocenters. The van der Waals surface area contributed by atoms with E-state index in [1.165, 1.54) is 0 Å². The highest BCUT2D eigenvalue weighted by Crippen LogP contribution is 2.27. The Hall–Kier alpha value is -0.900. The van der Waals surface area contributed by atoms with Crippen LogP contribution in [0.25, 0.3) is 11.3 Å². The molecule has 0 bridgehead atoms. The number of thiazole rings is 1. The normalized spacial score (nSPS) is 12.6. The molecule has 1 aromatic heterocycles. The standard InChI is InChI=1S/C13H15ClN2S/c1-2-4-11(15)13-16-12(8-17-13)9-5-3-6-10(14)7-9/h3,5-8,11H,2,4,15H2,1H3. The van der Waals surface area contributed by atoms with Crippen LogP contribution in [0, 0.1) is 0 Å². The van der Waals surface area contributed by atoms with Gasteiger partial charge in [-0.25, -0.2) is 4.98 Å². The topological polar surface area (TPSA) is 38.9 Å². The van der Waals surface area contributed by atoms with Gasteiger partial charge in [-0.1, -0.05) is 37.1 Å². The van der Waals surface area contributed by atoms with Crippen LogP contribution in [0.2, 0.25) is 5.02 Å². The van der Waals surface area contributed by atoms with E-state index in [1.54, 1.807) is 11.3 Å². The van der Waals surface area contributed by atoms with E-state index in [1.807, 2.05) is 29.6 Å². The second kappa shape index (κ2) is 5.63. The van der Waals surface area contributed by atoms with Gasteiger partial charge in [-0.05, 0) is 18.6 Å².